The molecule has 6 heteroatoms. The van der Waals surface area contributed by atoms with Crippen LogP contribution in [0.4, 0.5) is 0 Å². The Bertz CT molecular complexity index is 452. The first kappa shape index (κ1) is 18.7. The predicted molar refractivity (Wildman–Crippen MR) is 103 cm³/mol. The smallest absolute Gasteiger partial charge is 0.191 e. The fraction of sp³-hybridized carbons (Fsp3) is 0.667. The number of thiophene rings is 1. The van der Waals surface area contributed by atoms with Gasteiger partial charge in [0.15, 0.2) is 5.96 Å². The van der Waals surface area contributed by atoms with Crippen LogP contribution in [0.25, 0.3) is 0 Å². The number of halogens is 1. The molecular formula is C15H27IN4S. The zero-order valence-corrected chi connectivity index (χ0v) is 16.5. The third-order valence-electron chi connectivity index (χ3n) is 3.76. The van der Waals surface area contributed by atoms with E-state index in [2.05, 4.69) is 53.7 Å². The van der Waals surface area contributed by atoms with Gasteiger partial charge in [-0.05, 0) is 51.9 Å². The van der Waals surface area contributed by atoms with Crippen molar-refractivity contribution in [1.82, 2.24) is 15.5 Å². The third kappa shape index (κ3) is 6.12. The molecule has 120 valence electrons. The van der Waals surface area contributed by atoms with Crippen LogP contribution in [0.2, 0.25) is 0 Å². The van der Waals surface area contributed by atoms with E-state index in [0.29, 0.717) is 6.04 Å². The second kappa shape index (κ2) is 8.95. The minimum absolute atomic E-state index is 0. The molecule has 0 amide bonds. The van der Waals surface area contributed by atoms with E-state index in [1.54, 1.807) is 0 Å². The van der Waals surface area contributed by atoms with Crippen LogP contribution in [-0.4, -0.2) is 44.6 Å². The number of guanidine groups is 1. The largest absolute Gasteiger partial charge is 0.355 e. The molecule has 0 radical (unpaired) electrons. The Kier molecular flexibility index (Phi) is 7.97. The van der Waals surface area contributed by atoms with Gasteiger partial charge in [0.05, 0.1) is 6.54 Å². The van der Waals surface area contributed by atoms with Crippen LogP contribution in [0.3, 0.4) is 0 Å². The van der Waals surface area contributed by atoms with E-state index in [0.717, 1.165) is 25.0 Å². The number of nitrogens with zero attached hydrogens (tertiary/aromatic N) is 2. The molecule has 1 unspecified atom stereocenters. The van der Waals surface area contributed by atoms with Gasteiger partial charge in [-0.2, -0.15) is 0 Å². The highest BCUT2D eigenvalue weighted by Gasteiger charge is 2.32. The minimum atomic E-state index is 0. The van der Waals surface area contributed by atoms with Gasteiger partial charge in [0, 0.05) is 29.4 Å². The van der Waals surface area contributed by atoms with Gasteiger partial charge in [0.2, 0.25) is 0 Å². The number of aliphatic imine (C=N–C) groups is 1. The van der Waals surface area contributed by atoms with Crippen LogP contribution in [0.15, 0.2) is 17.1 Å². The van der Waals surface area contributed by atoms with Crippen molar-refractivity contribution in [1.29, 1.82) is 0 Å². The molecule has 1 aromatic rings. The van der Waals surface area contributed by atoms with Crippen molar-refractivity contribution in [2.75, 3.05) is 27.7 Å². The Labute approximate surface area is 149 Å². The summed E-state index contributed by atoms with van der Waals surface area (Å²) in [6, 6.07) is 4.94. The summed E-state index contributed by atoms with van der Waals surface area (Å²) in [6.07, 6.45) is 2.73. The number of hydrogen-bond acceptors (Lipinski definition) is 3. The summed E-state index contributed by atoms with van der Waals surface area (Å²) in [6.45, 7) is 3.94. The molecule has 4 nitrogen and oxygen atoms in total. The van der Waals surface area contributed by atoms with Crippen molar-refractivity contribution < 1.29 is 0 Å². The zero-order valence-electron chi connectivity index (χ0n) is 13.3. The maximum Gasteiger partial charge on any atom is 0.191 e. The molecular weight excluding hydrogens is 395 g/mol. The Hall–Kier alpha value is -0.340. The van der Waals surface area contributed by atoms with Crippen LogP contribution in [0.1, 0.15) is 22.6 Å². The summed E-state index contributed by atoms with van der Waals surface area (Å²) in [5.41, 5.74) is 0. The molecule has 1 fully saturated rings. The van der Waals surface area contributed by atoms with E-state index in [1.807, 2.05) is 18.4 Å². The molecule has 0 aliphatic heterocycles. The number of aryl methyl sites for hydroxylation is 1. The second-order valence-corrected chi connectivity index (χ2v) is 7.06. The van der Waals surface area contributed by atoms with Gasteiger partial charge in [0.25, 0.3) is 0 Å². The van der Waals surface area contributed by atoms with Gasteiger partial charge in [-0.25, -0.2) is 0 Å². The molecule has 1 aliphatic carbocycles. The van der Waals surface area contributed by atoms with Gasteiger partial charge in [-0.1, -0.05) is 0 Å². The monoisotopic (exact) mass is 422 g/mol. The molecule has 0 bridgehead atoms. The lowest BCUT2D eigenvalue weighted by molar-refractivity contribution is 0.264. The van der Waals surface area contributed by atoms with Crippen LogP contribution < -0.4 is 10.6 Å². The van der Waals surface area contributed by atoms with Crippen LogP contribution >= 0.6 is 35.3 Å². The standard InChI is InChI=1S/C15H26N4S.HI/c1-11-5-8-13(20-11)9-17-15(16-2)18-10-14(19(3)4)12-6-7-12;/h5,8,12,14H,6-7,9-10H2,1-4H3,(H2,16,17,18);1H. The average molecular weight is 422 g/mol. The molecule has 1 aromatic heterocycles. The van der Waals surface area contributed by atoms with E-state index < -0.39 is 0 Å². The van der Waals surface area contributed by atoms with Gasteiger partial charge in [-0.15, -0.1) is 35.3 Å². The molecule has 1 atom stereocenters. The van der Waals surface area contributed by atoms with E-state index in [4.69, 9.17) is 0 Å². The lowest BCUT2D eigenvalue weighted by Gasteiger charge is -2.25. The number of nitrogens with one attached hydrogen (secondary N) is 2. The van der Waals surface area contributed by atoms with Crippen molar-refractivity contribution in [3.05, 3.63) is 21.9 Å². The van der Waals surface area contributed by atoms with Crippen LogP contribution in [0.5, 0.6) is 0 Å². The molecule has 1 saturated carbocycles. The Morgan fingerprint density at radius 1 is 1.38 bits per heavy atom. The Morgan fingerprint density at radius 2 is 2.10 bits per heavy atom. The van der Waals surface area contributed by atoms with Gasteiger partial charge in [-0.3, -0.25) is 4.99 Å². The van der Waals surface area contributed by atoms with Crippen molar-refractivity contribution in [3.8, 4) is 0 Å². The molecule has 1 aliphatic rings. The molecule has 0 saturated heterocycles. The SMILES string of the molecule is CN=C(NCc1ccc(C)s1)NCC(C1CC1)N(C)C.I. The van der Waals surface area contributed by atoms with E-state index in [1.165, 1.54) is 22.6 Å². The zero-order chi connectivity index (χ0) is 14.5. The van der Waals surface area contributed by atoms with Gasteiger partial charge >= 0.3 is 0 Å². The maximum atomic E-state index is 4.30. The summed E-state index contributed by atoms with van der Waals surface area (Å²) in [7, 11) is 6.15. The predicted octanol–water partition coefficient (Wildman–Crippen LogP) is 2.68. The van der Waals surface area contributed by atoms with E-state index in [-0.39, 0.29) is 24.0 Å². The first-order valence-electron chi connectivity index (χ1n) is 7.26. The van der Waals surface area contributed by atoms with E-state index >= 15 is 0 Å². The van der Waals surface area contributed by atoms with Gasteiger partial charge < -0.3 is 15.5 Å². The topological polar surface area (TPSA) is 39.7 Å². The second-order valence-electron chi connectivity index (χ2n) is 5.69. The fourth-order valence-corrected chi connectivity index (χ4v) is 3.25. The van der Waals surface area contributed by atoms with Crippen molar-refractivity contribution >= 4 is 41.3 Å². The highest BCUT2D eigenvalue weighted by molar-refractivity contribution is 14.0. The Morgan fingerprint density at radius 3 is 2.57 bits per heavy atom. The van der Waals surface area contributed by atoms with Crippen molar-refractivity contribution in [2.24, 2.45) is 10.9 Å². The van der Waals surface area contributed by atoms with Crippen LogP contribution in [-0.2, 0) is 6.54 Å². The third-order valence-corrected chi connectivity index (χ3v) is 4.76. The summed E-state index contributed by atoms with van der Waals surface area (Å²) >= 11 is 1.83. The highest BCUT2D eigenvalue weighted by Crippen LogP contribution is 2.34. The fourth-order valence-electron chi connectivity index (χ4n) is 2.42. The molecule has 2 rings (SSSR count). The summed E-state index contributed by atoms with van der Waals surface area (Å²) in [5.74, 6) is 1.75. The molecule has 1 heterocycles. The van der Waals surface area contributed by atoms with Crippen LogP contribution in [0, 0.1) is 12.8 Å². The first-order chi connectivity index (χ1) is 9.60. The molecule has 2 N–H and O–H groups in total. The lowest BCUT2D eigenvalue weighted by atomic mass is 10.1. The highest BCUT2D eigenvalue weighted by atomic mass is 127. The number of rotatable bonds is 6. The summed E-state index contributed by atoms with van der Waals surface area (Å²) in [4.78, 5) is 9.32. The van der Waals surface area contributed by atoms with Gasteiger partial charge in [0.1, 0.15) is 0 Å². The average Bonchev–Trinajstić information content (AvgIpc) is 3.16. The normalized spacial score (nSPS) is 16.5. The summed E-state index contributed by atoms with van der Waals surface area (Å²) < 4.78 is 0. The summed E-state index contributed by atoms with van der Waals surface area (Å²) in [5, 5.41) is 6.83. The molecule has 0 aromatic carbocycles. The lowest BCUT2D eigenvalue weighted by Crippen LogP contribution is -2.45. The maximum absolute atomic E-state index is 4.30. The van der Waals surface area contributed by atoms with Crippen molar-refractivity contribution in [3.63, 3.8) is 0 Å². The van der Waals surface area contributed by atoms with Crippen molar-refractivity contribution in [2.45, 2.75) is 32.4 Å². The Balaban J connectivity index is 0.00000220. The minimum Gasteiger partial charge on any atom is -0.355 e. The quantitative estimate of drug-likeness (QED) is 0.421. The number of likely N-dealkylation sites (N-methyl/N-ethyl adjacent to an activating group) is 1. The molecule has 21 heavy (non-hydrogen) atoms. The molecule has 0 spiro atoms. The number of hydrogen-bond donors (Lipinski definition) is 2. The first-order valence-corrected chi connectivity index (χ1v) is 8.08. The van der Waals surface area contributed by atoms with E-state index in [9.17, 15) is 0 Å².